The minimum atomic E-state index is -3.35. The number of carbonyl (C=O) groups excluding carboxylic acids is 2. The van der Waals surface area contributed by atoms with Crippen molar-refractivity contribution in [1.82, 2.24) is 5.32 Å². The van der Waals surface area contributed by atoms with Crippen molar-refractivity contribution in [2.24, 2.45) is 0 Å². The van der Waals surface area contributed by atoms with Gasteiger partial charge in [-0.05, 0) is 69.6 Å². The van der Waals surface area contributed by atoms with Crippen molar-refractivity contribution in [3.63, 3.8) is 0 Å². The third kappa shape index (κ3) is 5.36. The molecule has 0 aliphatic carbocycles. The van der Waals surface area contributed by atoms with E-state index >= 15 is 0 Å². The van der Waals surface area contributed by atoms with Crippen LogP contribution in [0.25, 0.3) is 11.1 Å². The highest BCUT2D eigenvalue weighted by Gasteiger charge is 2.23. The Balaban J connectivity index is 2.34. The van der Waals surface area contributed by atoms with Gasteiger partial charge < -0.3 is 14.8 Å². The van der Waals surface area contributed by atoms with Crippen LogP contribution in [0.1, 0.15) is 21.5 Å². The quantitative estimate of drug-likeness (QED) is 0.443. The fraction of sp³-hybridized carbons (Fsp3) is 0.200. The molecule has 5 nitrogen and oxygen atoms in total. The van der Waals surface area contributed by atoms with Crippen molar-refractivity contribution in [1.29, 1.82) is 0 Å². The molecule has 2 rings (SSSR count). The van der Waals surface area contributed by atoms with Crippen LogP contribution >= 0.6 is 9.24 Å². The number of rotatable bonds is 6. The zero-order chi connectivity index (χ0) is 21.1. The van der Waals surface area contributed by atoms with Gasteiger partial charge in [0.15, 0.2) is 0 Å². The van der Waals surface area contributed by atoms with E-state index in [4.69, 9.17) is 0 Å². The van der Waals surface area contributed by atoms with Gasteiger partial charge in [-0.2, -0.15) is 8.78 Å². The van der Waals surface area contributed by atoms with Gasteiger partial charge in [0.05, 0.1) is 7.11 Å². The summed E-state index contributed by atoms with van der Waals surface area (Å²) in [5.41, 5.74) is 3.39. The molecule has 0 fully saturated rings. The second kappa shape index (κ2) is 8.48. The van der Waals surface area contributed by atoms with Crippen molar-refractivity contribution in [3.8, 4) is 16.9 Å². The maximum Gasteiger partial charge on any atom is 0.408 e. The Labute approximate surface area is 163 Å². The van der Waals surface area contributed by atoms with E-state index in [1.807, 2.05) is 13.8 Å². The number of nitrogens with one attached hydrogen (secondary N) is 1. The van der Waals surface area contributed by atoms with Crippen molar-refractivity contribution in [3.05, 3.63) is 65.4 Å². The first kappa shape index (κ1) is 21.5. The van der Waals surface area contributed by atoms with E-state index in [2.05, 4.69) is 21.4 Å². The van der Waals surface area contributed by atoms with Gasteiger partial charge >= 0.3 is 11.8 Å². The molecule has 0 bridgehead atoms. The molecule has 0 spiro atoms. The first-order valence-electron chi connectivity index (χ1n) is 8.18. The van der Waals surface area contributed by atoms with Crippen LogP contribution in [0.2, 0.25) is 0 Å². The number of ether oxygens (including phenoxy) is 2. The normalized spacial score (nSPS) is 10.9. The van der Waals surface area contributed by atoms with Gasteiger partial charge in [0.1, 0.15) is 11.4 Å². The number of alkyl halides is 2. The first-order valence-corrected chi connectivity index (χ1v) is 8.75. The number of amides is 1. The van der Waals surface area contributed by atoms with E-state index < -0.39 is 17.7 Å². The number of hydrogen-bond donors (Lipinski definition) is 1. The number of carbonyl (C=O) groups is 2. The number of esters is 1. The highest BCUT2D eigenvalue weighted by Crippen LogP contribution is 2.31. The van der Waals surface area contributed by atoms with Crippen LogP contribution in [0, 0.1) is 13.8 Å². The first-order chi connectivity index (χ1) is 13.0. The van der Waals surface area contributed by atoms with E-state index in [-0.39, 0.29) is 11.4 Å². The minimum Gasteiger partial charge on any atom is -0.464 e. The maximum absolute atomic E-state index is 12.9. The molecular weight excluding hydrogens is 387 g/mol. The van der Waals surface area contributed by atoms with E-state index in [0.717, 1.165) is 22.3 Å². The lowest BCUT2D eigenvalue weighted by atomic mass is 9.94. The lowest BCUT2D eigenvalue weighted by Crippen LogP contribution is -2.27. The number of methoxy groups -OCH3 is 1. The van der Waals surface area contributed by atoms with Crippen LogP contribution in [0.4, 0.5) is 8.78 Å². The number of benzene rings is 2. The molecule has 0 aromatic heterocycles. The average Bonchev–Trinajstić information content (AvgIpc) is 2.62. The van der Waals surface area contributed by atoms with E-state index in [9.17, 15) is 18.4 Å². The molecule has 148 valence electrons. The number of halogens is 2. The van der Waals surface area contributed by atoms with Crippen molar-refractivity contribution in [2.45, 2.75) is 19.7 Å². The van der Waals surface area contributed by atoms with Crippen LogP contribution in [0.15, 0.2) is 48.7 Å². The smallest absolute Gasteiger partial charge is 0.408 e. The second-order valence-corrected chi connectivity index (χ2v) is 6.75. The Morgan fingerprint density at radius 3 is 2.29 bits per heavy atom. The zero-order valence-corrected chi connectivity index (χ0v) is 16.8. The molecule has 2 aromatic rings. The summed E-state index contributed by atoms with van der Waals surface area (Å²) < 4.78 is 34.9. The molecule has 0 aliphatic heterocycles. The molecular formula is C20H20F2NO4P. The van der Waals surface area contributed by atoms with Gasteiger partial charge in [0.25, 0.3) is 5.91 Å². The Bertz CT molecular complexity index is 921. The van der Waals surface area contributed by atoms with Crippen LogP contribution in [-0.4, -0.2) is 24.8 Å². The Kier molecular flexibility index (Phi) is 6.52. The molecule has 8 heteroatoms. The molecule has 1 N–H and O–H groups in total. The highest BCUT2D eigenvalue weighted by molar-refractivity contribution is 7.17. The standard InChI is InChI=1S/C20H20F2NO4P/c1-11-9-15(18(24)23-13(3)19(25)26-4)10-17(12(11)2)14-5-7-16(8-6-14)27-20(21,22)28/h5-10H,3,28H2,1-2,4H3,(H,23,24). The van der Waals surface area contributed by atoms with Crippen LogP contribution in [-0.2, 0) is 9.53 Å². The summed E-state index contributed by atoms with van der Waals surface area (Å²) in [6.45, 7) is 7.20. The van der Waals surface area contributed by atoms with Crippen LogP contribution in [0.5, 0.6) is 5.75 Å². The number of hydrogen-bond acceptors (Lipinski definition) is 4. The SMILES string of the molecule is C=C(NC(=O)c1cc(C)c(C)c(-c2ccc(OC(F)(F)P)cc2)c1)C(=O)OC. The van der Waals surface area contributed by atoms with Gasteiger partial charge in [-0.1, -0.05) is 18.7 Å². The summed E-state index contributed by atoms with van der Waals surface area (Å²) in [7, 11) is 2.50. The van der Waals surface area contributed by atoms with Gasteiger partial charge in [0, 0.05) is 5.56 Å². The fourth-order valence-corrected chi connectivity index (χ4v) is 2.67. The molecule has 0 aliphatic rings. The Hall–Kier alpha value is -2.79. The zero-order valence-electron chi connectivity index (χ0n) is 15.6. The largest absolute Gasteiger partial charge is 0.464 e. The number of aryl methyl sites for hydroxylation is 1. The topological polar surface area (TPSA) is 64.6 Å². The predicted octanol–water partition coefficient (Wildman–Crippen LogP) is 4.19. The summed E-state index contributed by atoms with van der Waals surface area (Å²) >= 11 is 0. The molecule has 0 heterocycles. The molecule has 1 amide bonds. The van der Waals surface area contributed by atoms with Crippen LogP contribution < -0.4 is 10.1 Å². The van der Waals surface area contributed by atoms with E-state index in [0.29, 0.717) is 5.56 Å². The fourth-order valence-electron chi connectivity index (χ4n) is 2.53. The third-order valence-corrected chi connectivity index (χ3v) is 4.16. The Morgan fingerprint density at radius 1 is 1.14 bits per heavy atom. The van der Waals surface area contributed by atoms with Gasteiger partial charge in [0.2, 0.25) is 0 Å². The highest BCUT2D eigenvalue weighted by atomic mass is 31.0. The van der Waals surface area contributed by atoms with Crippen LogP contribution in [0.3, 0.4) is 0 Å². The third-order valence-electron chi connectivity index (χ3n) is 4.05. The van der Waals surface area contributed by atoms with Gasteiger partial charge in [-0.15, -0.1) is 0 Å². The van der Waals surface area contributed by atoms with Crippen molar-refractivity contribution in [2.75, 3.05) is 7.11 Å². The van der Waals surface area contributed by atoms with Crippen molar-refractivity contribution >= 4 is 21.1 Å². The van der Waals surface area contributed by atoms with E-state index in [1.165, 1.54) is 28.5 Å². The lowest BCUT2D eigenvalue weighted by Gasteiger charge is -2.15. The lowest BCUT2D eigenvalue weighted by molar-refractivity contribution is -0.136. The summed E-state index contributed by atoms with van der Waals surface area (Å²) in [5, 5.41) is 2.39. The molecule has 28 heavy (non-hydrogen) atoms. The molecule has 0 saturated heterocycles. The molecule has 2 aromatic carbocycles. The van der Waals surface area contributed by atoms with Crippen molar-refractivity contribution < 1.29 is 27.8 Å². The summed E-state index contributed by atoms with van der Waals surface area (Å²) in [5.74, 6) is -4.59. The van der Waals surface area contributed by atoms with Gasteiger partial charge in [-0.3, -0.25) is 4.79 Å². The average molecular weight is 407 g/mol. The molecule has 0 saturated carbocycles. The molecule has 0 radical (unpaired) electrons. The van der Waals surface area contributed by atoms with Gasteiger partial charge in [-0.25, -0.2) is 4.79 Å². The summed E-state index contributed by atoms with van der Waals surface area (Å²) in [6, 6.07) is 9.44. The van der Waals surface area contributed by atoms with E-state index in [1.54, 1.807) is 24.3 Å². The molecule has 1 atom stereocenters. The maximum atomic E-state index is 12.9. The molecule has 1 unspecified atom stereocenters. The summed E-state index contributed by atoms with van der Waals surface area (Å²) in [4.78, 5) is 23.9. The monoisotopic (exact) mass is 407 g/mol. The minimum absolute atomic E-state index is 0.0152. The second-order valence-electron chi connectivity index (χ2n) is 6.08. The Morgan fingerprint density at radius 2 is 1.75 bits per heavy atom. The summed E-state index contributed by atoms with van der Waals surface area (Å²) in [6.07, 6.45) is 0. The predicted molar refractivity (Wildman–Crippen MR) is 105 cm³/mol.